The second-order valence-electron chi connectivity index (χ2n) is 14.6. The largest absolute Gasteiger partial charge is 0.414 e. The summed E-state index contributed by atoms with van der Waals surface area (Å²) in [6.45, 7) is 26.3. The third-order valence-electron chi connectivity index (χ3n) is 9.33. The molecule has 2 saturated heterocycles. The molecule has 1 unspecified atom stereocenters. The molecule has 0 saturated carbocycles. The van der Waals surface area contributed by atoms with Gasteiger partial charge in [-0.05, 0) is 49.9 Å². The third-order valence-corrected chi connectivity index (χ3v) is 22.0. The van der Waals surface area contributed by atoms with Crippen LogP contribution >= 0.6 is 20.1 Å². The van der Waals surface area contributed by atoms with Gasteiger partial charge in [-0.15, -0.1) is 0 Å². The predicted octanol–water partition coefficient (Wildman–Crippen LogP) is 7.89. The van der Waals surface area contributed by atoms with Crippen molar-refractivity contribution in [3.63, 3.8) is 0 Å². The number of aromatic amines is 1. The Bertz CT molecular complexity index is 1460. The van der Waals surface area contributed by atoms with Gasteiger partial charge in [0.2, 0.25) is 0 Å². The molecular formula is C32H55ClN5O7PSi2. The molecule has 0 aromatic carbocycles. The van der Waals surface area contributed by atoms with Crippen molar-refractivity contribution in [2.75, 3.05) is 13.2 Å². The Balaban J connectivity index is 1.93. The minimum Gasteiger partial charge on any atom is -0.414 e. The molecule has 2 fully saturated rings. The number of hydrogen-bond donors (Lipinski definition) is 1. The Morgan fingerprint density at radius 3 is 2.21 bits per heavy atom. The zero-order valence-electron chi connectivity index (χ0n) is 30.5. The molecule has 2 aromatic heterocycles. The summed E-state index contributed by atoms with van der Waals surface area (Å²) < 4.78 is 46.4. The average Bonchev–Trinajstić information content (AvgIpc) is 3.48. The van der Waals surface area contributed by atoms with E-state index in [-0.39, 0.29) is 69.9 Å². The van der Waals surface area contributed by atoms with Crippen LogP contribution in [-0.2, 0) is 26.8 Å². The molecule has 5 atom stereocenters. The number of nitrogens with one attached hydrogen (secondary N) is 1. The maximum atomic E-state index is 12.9. The van der Waals surface area contributed by atoms with E-state index in [9.17, 15) is 10.1 Å². The van der Waals surface area contributed by atoms with Crippen LogP contribution in [0.2, 0.25) is 27.2 Å². The number of fused-ring (bicyclic) bond motifs is 2. The van der Waals surface area contributed by atoms with Crippen LogP contribution in [0.15, 0.2) is 17.3 Å². The van der Waals surface area contributed by atoms with Gasteiger partial charge in [-0.1, -0.05) is 67.0 Å². The first-order valence-electron chi connectivity index (χ1n) is 17.2. The number of nitrogens with zero attached hydrogens (tertiary/aromatic N) is 4. The molecule has 4 heterocycles. The number of ether oxygens (including phenoxy) is 1. The first kappa shape index (κ1) is 39.6. The van der Waals surface area contributed by atoms with Crippen LogP contribution in [0, 0.1) is 11.3 Å². The number of aromatic nitrogens is 3. The van der Waals surface area contributed by atoms with Gasteiger partial charge in [0.25, 0.3) is 14.1 Å². The van der Waals surface area contributed by atoms with E-state index < -0.39 is 50.2 Å². The van der Waals surface area contributed by atoms with Crippen LogP contribution in [-0.4, -0.2) is 79.9 Å². The molecule has 12 nitrogen and oxygen atoms in total. The lowest BCUT2D eigenvalue weighted by molar-refractivity contribution is -0.0563. The van der Waals surface area contributed by atoms with E-state index in [4.69, 9.17) is 38.4 Å². The number of hydrogen-bond acceptors (Lipinski definition) is 10. The lowest BCUT2D eigenvalue weighted by Gasteiger charge is -2.51. The monoisotopic (exact) mass is 743 g/mol. The van der Waals surface area contributed by atoms with E-state index in [0.717, 1.165) is 0 Å². The van der Waals surface area contributed by atoms with E-state index in [0.29, 0.717) is 5.65 Å². The highest BCUT2D eigenvalue weighted by molar-refractivity contribution is 7.44. The molecule has 2 aliphatic rings. The summed E-state index contributed by atoms with van der Waals surface area (Å²) in [5, 5.41) is 9.86. The molecule has 0 bridgehead atoms. The summed E-state index contributed by atoms with van der Waals surface area (Å²) in [4.78, 5) is 20.0. The Kier molecular flexibility index (Phi) is 13.2. The quantitative estimate of drug-likeness (QED) is 0.123. The standard InChI is InChI=1S/C32H55ClN5O7PSi2/c1-19(2)38(20(3)4)46(40-15-13-14-34)43-29-28-26(42-32(29)37-16-25(33)27-30(37)35-18-36-31(27)39)17-41-47(21(5)6,22(7)8)45-48(44-28,23(9)10)24(11)12/h16,18-24,26,28-29,32H,13,15,17H2,1-12H3,(H,35,36,39)/t26-,28-,29-,32-,46?/m1/s1. The molecule has 16 heteroatoms. The van der Waals surface area contributed by atoms with Crippen LogP contribution in [0.3, 0.4) is 0 Å². The van der Waals surface area contributed by atoms with Crippen LogP contribution in [0.1, 0.15) is 95.7 Å². The maximum Gasteiger partial charge on any atom is 0.335 e. The first-order chi connectivity index (χ1) is 22.5. The Morgan fingerprint density at radius 1 is 1.06 bits per heavy atom. The number of rotatable bonds is 13. The van der Waals surface area contributed by atoms with Gasteiger partial charge >= 0.3 is 17.1 Å². The fourth-order valence-electron chi connectivity index (χ4n) is 7.10. The third kappa shape index (κ3) is 7.53. The second-order valence-corrected chi connectivity index (χ2v) is 25.2. The lowest BCUT2D eigenvalue weighted by Crippen LogP contribution is -2.65. The molecule has 1 N–H and O–H groups in total. The van der Waals surface area contributed by atoms with E-state index >= 15 is 0 Å². The highest BCUT2D eigenvalue weighted by Gasteiger charge is 2.62. The van der Waals surface area contributed by atoms with Crippen LogP contribution in [0.5, 0.6) is 0 Å². The van der Waals surface area contributed by atoms with Gasteiger partial charge in [-0.25, -0.2) is 9.65 Å². The predicted molar refractivity (Wildman–Crippen MR) is 193 cm³/mol. The van der Waals surface area contributed by atoms with Gasteiger partial charge < -0.3 is 36.3 Å². The minimum absolute atomic E-state index is 0.0743. The lowest BCUT2D eigenvalue weighted by atomic mass is 10.1. The van der Waals surface area contributed by atoms with E-state index in [2.05, 4.69) is 104 Å². The van der Waals surface area contributed by atoms with Crippen LogP contribution in [0.25, 0.3) is 11.0 Å². The van der Waals surface area contributed by atoms with Gasteiger partial charge in [0.05, 0.1) is 37.1 Å². The van der Waals surface area contributed by atoms with Crippen molar-refractivity contribution in [1.82, 2.24) is 19.2 Å². The summed E-state index contributed by atoms with van der Waals surface area (Å²) >= 11 is 6.67. The molecular weight excluding hydrogens is 689 g/mol. The van der Waals surface area contributed by atoms with Crippen molar-refractivity contribution in [3.05, 3.63) is 27.9 Å². The molecule has 0 aliphatic carbocycles. The summed E-state index contributed by atoms with van der Waals surface area (Å²) in [5.74, 6) is 0. The van der Waals surface area contributed by atoms with Crippen molar-refractivity contribution in [3.8, 4) is 6.07 Å². The molecule has 0 radical (unpaired) electrons. The highest BCUT2D eigenvalue weighted by atomic mass is 35.5. The van der Waals surface area contributed by atoms with E-state index in [1.165, 1.54) is 6.33 Å². The van der Waals surface area contributed by atoms with Crippen molar-refractivity contribution in [2.24, 2.45) is 0 Å². The molecule has 48 heavy (non-hydrogen) atoms. The van der Waals surface area contributed by atoms with E-state index in [1.807, 2.05) is 0 Å². The number of H-pyrrole nitrogens is 1. The van der Waals surface area contributed by atoms with Crippen molar-refractivity contribution in [1.29, 1.82) is 5.26 Å². The van der Waals surface area contributed by atoms with Crippen molar-refractivity contribution in [2.45, 2.75) is 148 Å². The van der Waals surface area contributed by atoms with Gasteiger partial charge in [0.1, 0.15) is 23.7 Å². The zero-order valence-corrected chi connectivity index (χ0v) is 34.2. The molecule has 270 valence electrons. The van der Waals surface area contributed by atoms with Crippen molar-refractivity contribution < 1.29 is 26.8 Å². The molecule has 4 rings (SSSR count). The maximum absolute atomic E-state index is 12.9. The Morgan fingerprint density at radius 2 is 1.67 bits per heavy atom. The zero-order chi connectivity index (χ0) is 35.7. The summed E-state index contributed by atoms with van der Waals surface area (Å²) in [6.07, 6.45) is 0.581. The van der Waals surface area contributed by atoms with Gasteiger partial charge in [-0.3, -0.25) is 4.79 Å². The van der Waals surface area contributed by atoms with Gasteiger partial charge in [0, 0.05) is 18.3 Å². The molecule has 0 spiro atoms. The fourth-order valence-corrected chi connectivity index (χ4v) is 20.3. The van der Waals surface area contributed by atoms with Gasteiger partial charge in [-0.2, -0.15) is 5.26 Å². The first-order valence-corrected chi connectivity index (χ1v) is 22.6. The van der Waals surface area contributed by atoms with E-state index in [1.54, 1.807) is 10.8 Å². The van der Waals surface area contributed by atoms with Crippen LogP contribution in [0.4, 0.5) is 0 Å². The molecule has 0 amide bonds. The summed E-state index contributed by atoms with van der Waals surface area (Å²) in [5.41, 5.74) is 0.534. The van der Waals surface area contributed by atoms with Crippen LogP contribution < -0.4 is 5.56 Å². The fraction of sp³-hybridized carbons (Fsp3) is 0.781. The topological polar surface area (TPSA) is 133 Å². The summed E-state index contributed by atoms with van der Waals surface area (Å²) in [6, 6.07) is 2.33. The Hall–Kier alpha value is -1.22. The second kappa shape index (κ2) is 16.0. The highest BCUT2D eigenvalue weighted by Crippen LogP contribution is 2.54. The average molecular weight is 744 g/mol. The number of nitriles is 1. The number of halogens is 1. The SMILES string of the molecule is CC(C)N(C(C)C)P(OCCC#N)O[C@@H]1[C@@H]2O[Si](C(C)C)(C(C)C)O[Si](C(C)C)(C(C)C)OC[C@H]2O[C@H]1n1cc(Cl)c2c(=O)[nH]cnc21. The Labute approximate surface area is 294 Å². The summed E-state index contributed by atoms with van der Waals surface area (Å²) in [7, 11) is -7.61. The molecule has 2 aromatic rings. The van der Waals surface area contributed by atoms with Crippen molar-refractivity contribution >= 4 is 48.3 Å². The normalized spacial score (nSPS) is 25.1. The van der Waals surface area contributed by atoms with Gasteiger partial charge in [0.15, 0.2) is 11.9 Å². The molecule has 2 aliphatic heterocycles. The minimum atomic E-state index is -3.07. The smallest absolute Gasteiger partial charge is 0.335 e.